The molecule has 0 aromatic heterocycles. The van der Waals surface area contributed by atoms with Gasteiger partial charge in [-0.3, -0.25) is 0 Å². The van der Waals surface area contributed by atoms with Crippen molar-refractivity contribution in [1.29, 1.82) is 0 Å². The smallest absolute Gasteiger partial charge is 0.148 e. The van der Waals surface area contributed by atoms with Gasteiger partial charge in [0.05, 0.1) is 16.9 Å². The zero-order chi connectivity index (χ0) is 11.8. The summed E-state index contributed by atoms with van der Waals surface area (Å²) >= 11 is 0. The van der Waals surface area contributed by atoms with E-state index in [2.05, 4.69) is 0 Å². The van der Waals surface area contributed by atoms with Crippen LogP contribution < -0.4 is 0 Å². The van der Waals surface area contributed by atoms with Crippen LogP contribution in [0.4, 0.5) is 0 Å². The normalized spacial score (nSPS) is 28.9. The number of hydrogen-bond acceptors (Lipinski definition) is 3. The molecule has 0 saturated carbocycles. The molecule has 3 rings (SSSR count). The maximum atomic E-state index is 12.3. The van der Waals surface area contributed by atoms with Gasteiger partial charge in [0.25, 0.3) is 0 Å². The van der Waals surface area contributed by atoms with Gasteiger partial charge >= 0.3 is 0 Å². The van der Waals surface area contributed by atoms with Crippen molar-refractivity contribution < 1.29 is 13.7 Å². The number of aryl methyl sites for hydroxylation is 1. The van der Waals surface area contributed by atoms with Gasteiger partial charge in [-0.2, -0.15) is 0 Å². The zero-order valence-corrected chi connectivity index (χ0v) is 10.4. The molecule has 0 bridgehead atoms. The Morgan fingerprint density at radius 2 is 2.00 bits per heavy atom. The standard InChI is InChI=1S/C13H14O3S/c1-9-2-4-10(5-3-9)17(14)11-6-12-13(7-11)16-8-15-12/h2-6,12-13H,7-8H2,1H3/t12-,13+,17?/m0/s1. The van der Waals surface area contributed by atoms with E-state index in [1.54, 1.807) is 0 Å². The highest BCUT2D eigenvalue weighted by Gasteiger charge is 2.35. The van der Waals surface area contributed by atoms with E-state index in [1.165, 1.54) is 5.56 Å². The quantitative estimate of drug-likeness (QED) is 0.806. The molecule has 2 aliphatic rings. The molecule has 1 aromatic carbocycles. The fraction of sp³-hybridized carbons (Fsp3) is 0.385. The number of benzene rings is 1. The van der Waals surface area contributed by atoms with Crippen molar-refractivity contribution in [1.82, 2.24) is 0 Å². The molecule has 0 N–H and O–H groups in total. The Morgan fingerprint density at radius 3 is 2.71 bits per heavy atom. The molecule has 4 heteroatoms. The molecule has 0 spiro atoms. The Balaban J connectivity index is 1.81. The highest BCUT2D eigenvalue weighted by Crippen LogP contribution is 2.32. The van der Waals surface area contributed by atoms with E-state index in [0.717, 1.165) is 9.80 Å². The lowest BCUT2D eigenvalue weighted by atomic mass is 10.2. The maximum absolute atomic E-state index is 12.3. The van der Waals surface area contributed by atoms with Crippen molar-refractivity contribution in [2.75, 3.05) is 6.79 Å². The molecule has 1 aromatic rings. The summed E-state index contributed by atoms with van der Waals surface area (Å²) < 4.78 is 23.1. The first-order valence-corrected chi connectivity index (χ1v) is 6.81. The van der Waals surface area contributed by atoms with Crippen molar-refractivity contribution in [3.63, 3.8) is 0 Å². The first-order valence-electron chi connectivity index (χ1n) is 5.66. The first-order chi connectivity index (χ1) is 8.24. The second-order valence-corrected chi connectivity index (χ2v) is 5.91. The van der Waals surface area contributed by atoms with Crippen LogP contribution in [0.25, 0.3) is 0 Å². The van der Waals surface area contributed by atoms with Crippen LogP contribution in [0.1, 0.15) is 12.0 Å². The molecule has 1 fully saturated rings. The van der Waals surface area contributed by atoms with Crippen LogP contribution in [-0.2, 0) is 20.3 Å². The van der Waals surface area contributed by atoms with E-state index in [9.17, 15) is 4.21 Å². The van der Waals surface area contributed by atoms with Gasteiger partial charge in [-0.05, 0) is 25.1 Å². The zero-order valence-electron chi connectivity index (χ0n) is 9.59. The Kier molecular flexibility index (Phi) is 2.86. The Labute approximate surface area is 103 Å². The molecule has 1 unspecified atom stereocenters. The molecule has 1 aliphatic heterocycles. The molecule has 17 heavy (non-hydrogen) atoms. The number of hydrogen-bond donors (Lipinski definition) is 0. The minimum absolute atomic E-state index is 0.000557. The third-order valence-corrected chi connectivity index (χ3v) is 4.61. The van der Waals surface area contributed by atoms with Crippen LogP contribution in [0.3, 0.4) is 0 Å². The monoisotopic (exact) mass is 250 g/mol. The van der Waals surface area contributed by atoms with Gasteiger partial charge in [-0.15, -0.1) is 0 Å². The maximum Gasteiger partial charge on any atom is 0.148 e. The van der Waals surface area contributed by atoms with Gasteiger partial charge in [0, 0.05) is 16.2 Å². The summed E-state index contributed by atoms with van der Waals surface area (Å²) in [7, 11) is -1.08. The third-order valence-electron chi connectivity index (χ3n) is 3.13. The molecule has 3 atom stereocenters. The molecule has 1 aliphatic carbocycles. The lowest BCUT2D eigenvalue weighted by Crippen LogP contribution is -2.14. The van der Waals surface area contributed by atoms with Crippen molar-refractivity contribution in [3.05, 3.63) is 40.8 Å². The lowest BCUT2D eigenvalue weighted by Gasteiger charge is -2.06. The van der Waals surface area contributed by atoms with Gasteiger partial charge in [0.2, 0.25) is 0 Å². The third kappa shape index (κ3) is 2.08. The average molecular weight is 250 g/mol. The molecule has 0 radical (unpaired) electrons. The van der Waals surface area contributed by atoms with E-state index in [1.807, 2.05) is 37.3 Å². The van der Waals surface area contributed by atoms with E-state index in [-0.39, 0.29) is 12.2 Å². The van der Waals surface area contributed by atoms with Gasteiger partial charge in [0.1, 0.15) is 12.9 Å². The molecule has 90 valence electrons. The first kappa shape index (κ1) is 11.1. The largest absolute Gasteiger partial charge is 0.349 e. The number of fused-ring (bicyclic) bond motifs is 1. The Hall–Kier alpha value is -0.970. The second-order valence-electron chi connectivity index (χ2n) is 4.37. The Morgan fingerprint density at radius 1 is 1.24 bits per heavy atom. The van der Waals surface area contributed by atoms with Crippen LogP contribution in [0, 0.1) is 6.92 Å². The van der Waals surface area contributed by atoms with E-state index in [0.29, 0.717) is 13.2 Å². The highest BCUT2D eigenvalue weighted by atomic mass is 32.2. The summed E-state index contributed by atoms with van der Waals surface area (Å²) in [4.78, 5) is 1.77. The van der Waals surface area contributed by atoms with Crippen LogP contribution in [0.5, 0.6) is 0 Å². The molecular weight excluding hydrogens is 236 g/mol. The minimum atomic E-state index is -1.08. The molecule has 3 nitrogen and oxygen atoms in total. The van der Waals surface area contributed by atoms with Crippen LogP contribution in [0.15, 0.2) is 40.1 Å². The molecule has 1 heterocycles. The molecular formula is C13H14O3S. The fourth-order valence-electron chi connectivity index (χ4n) is 2.14. The lowest BCUT2D eigenvalue weighted by molar-refractivity contribution is 0.0415. The Bertz CT molecular complexity index is 478. The number of rotatable bonds is 2. The van der Waals surface area contributed by atoms with Gasteiger partial charge < -0.3 is 9.47 Å². The van der Waals surface area contributed by atoms with Gasteiger partial charge in [-0.25, -0.2) is 4.21 Å². The van der Waals surface area contributed by atoms with Gasteiger partial charge in [0.15, 0.2) is 0 Å². The van der Waals surface area contributed by atoms with Crippen LogP contribution >= 0.6 is 0 Å². The summed E-state index contributed by atoms with van der Waals surface area (Å²) in [5.74, 6) is 0. The molecule has 1 saturated heterocycles. The van der Waals surface area contributed by atoms with E-state index >= 15 is 0 Å². The van der Waals surface area contributed by atoms with Crippen molar-refractivity contribution in [2.24, 2.45) is 0 Å². The summed E-state index contributed by atoms with van der Waals surface area (Å²) in [5, 5.41) is 0. The summed E-state index contributed by atoms with van der Waals surface area (Å²) in [5.41, 5.74) is 1.18. The number of ether oxygens (including phenoxy) is 2. The predicted octanol–water partition coefficient (Wildman–Crippen LogP) is 2.13. The van der Waals surface area contributed by atoms with Crippen LogP contribution in [-0.4, -0.2) is 23.2 Å². The topological polar surface area (TPSA) is 35.5 Å². The molecule has 0 amide bonds. The average Bonchev–Trinajstić information content (AvgIpc) is 2.89. The van der Waals surface area contributed by atoms with Crippen LogP contribution in [0.2, 0.25) is 0 Å². The summed E-state index contributed by atoms with van der Waals surface area (Å²) in [6.45, 7) is 2.38. The van der Waals surface area contributed by atoms with Crippen molar-refractivity contribution in [3.8, 4) is 0 Å². The minimum Gasteiger partial charge on any atom is -0.349 e. The van der Waals surface area contributed by atoms with E-state index < -0.39 is 10.8 Å². The summed E-state index contributed by atoms with van der Waals surface area (Å²) in [6, 6.07) is 7.80. The second kappa shape index (κ2) is 4.37. The van der Waals surface area contributed by atoms with Crippen molar-refractivity contribution in [2.45, 2.75) is 30.4 Å². The predicted molar refractivity (Wildman–Crippen MR) is 64.9 cm³/mol. The van der Waals surface area contributed by atoms with Crippen molar-refractivity contribution >= 4 is 10.8 Å². The SMILES string of the molecule is Cc1ccc(S(=O)C2=C[C@@H]3OCO[C@@H]3C2)cc1. The van der Waals surface area contributed by atoms with Gasteiger partial charge in [-0.1, -0.05) is 17.7 Å². The van der Waals surface area contributed by atoms with E-state index in [4.69, 9.17) is 9.47 Å². The fourth-order valence-corrected chi connectivity index (χ4v) is 3.40. The summed E-state index contributed by atoms with van der Waals surface area (Å²) in [6.07, 6.45) is 2.73. The highest BCUT2D eigenvalue weighted by molar-refractivity contribution is 7.89.